The molecular formula is C24H34N2O. The molecule has 0 bridgehead atoms. The normalized spacial score (nSPS) is 20.1. The van der Waals surface area contributed by atoms with Crippen LogP contribution in [0.2, 0.25) is 0 Å². The molecule has 1 aliphatic rings. The second-order valence-electron chi connectivity index (χ2n) is 8.11. The van der Waals surface area contributed by atoms with Gasteiger partial charge in [-0.05, 0) is 86.7 Å². The first-order valence-electron chi connectivity index (χ1n) is 10.5. The van der Waals surface area contributed by atoms with Crippen molar-refractivity contribution >= 4 is 0 Å². The van der Waals surface area contributed by atoms with Crippen LogP contribution < -0.4 is 5.73 Å². The lowest BCUT2D eigenvalue weighted by Gasteiger charge is -2.32. The Kier molecular flexibility index (Phi) is 7.73. The van der Waals surface area contributed by atoms with E-state index in [0.29, 0.717) is 5.75 Å². The number of aryl methyl sites for hydroxylation is 1. The Balaban J connectivity index is 1.55. The van der Waals surface area contributed by atoms with Gasteiger partial charge >= 0.3 is 0 Å². The summed E-state index contributed by atoms with van der Waals surface area (Å²) in [6, 6.07) is 18.5. The van der Waals surface area contributed by atoms with Crippen LogP contribution in [0, 0.1) is 11.8 Å². The predicted molar refractivity (Wildman–Crippen MR) is 113 cm³/mol. The maximum absolute atomic E-state index is 9.54. The molecule has 0 amide bonds. The third kappa shape index (κ3) is 6.67. The summed E-state index contributed by atoms with van der Waals surface area (Å²) in [5, 5.41) is 9.54. The van der Waals surface area contributed by atoms with E-state index in [1.807, 2.05) is 12.1 Å². The molecule has 2 aromatic rings. The average Bonchev–Trinajstić information content (AvgIpc) is 2.71. The first-order chi connectivity index (χ1) is 13.2. The summed E-state index contributed by atoms with van der Waals surface area (Å²) in [6.45, 7) is 4.10. The molecule has 3 rings (SSSR count). The van der Waals surface area contributed by atoms with E-state index in [4.69, 9.17) is 5.73 Å². The molecule has 3 N–H and O–H groups in total. The second-order valence-corrected chi connectivity index (χ2v) is 8.11. The lowest BCUT2D eigenvalue weighted by atomic mass is 9.82. The van der Waals surface area contributed by atoms with Crippen molar-refractivity contribution in [1.29, 1.82) is 0 Å². The van der Waals surface area contributed by atoms with Gasteiger partial charge in [0.25, 0.3) is 0 Å². The van der Waals surface area contributed by atoms with Gasteiger partial charge in [0.05, 0.1) is 0 Å². The van der Waals surface area contributed by atoms with E-state index < -0.39 is 0 Å². The van der Waals surface area contributed by atoms with Crippen molar-refractivity contribution in [2.24, 2.45) is 17.6 Å². The molecule has 146 valence electrons. The molecule has 3 nitrogen and oxygen atoms in total. The zero-order valence-corrected chi connectivity index (χ0v) is 16.4. The third-order valence-corrected chi connectivity index (χ3v) is 5.94. The quantitative estimate of drug-likeness (QED) is 0.682. The molecule has 0 spiro atoms. The average molecular weight is 367 g/mol. The van der Waals surface area contributed by atoms with E-state index in [1.165, 1.54) is 49.8 Å². The Morgan fingerprint density at radius 2 is 1.52 bits per heavy atom. The van der Waals surface area contributed by atoms with Gasteiger partial charge < -0.3 is 10.8 Å². The first-order valence-corrected chi connectivity index (χ1v) is 10.5. The Morgan fingerprint density at radius 1 is 0.852 bits per heavy atom. The molecule has 1 aliphatic carbocycles. The Hall–Kier alpha value is -1.84. The molecule has 0 heterocycles. The fourth-order valence-electron chi connectivity index (χ4n) is 4.26. The summed E-state index contributed by atoms with van der Waals surface area (Å²) in [7, 11) is 0. The maximum atomic E-state index is 9.54. The molecule has 0 atom stereocenters. The maximum Gasteiger partial charge on any atom is 0.115 e. The number of phenolic OH excluding ortho intramolecular Hbond substituents is 1. The van der Waals surface area contributed by atoms with E-state index in [0.717, 1.165) is 37.9 Å². The molecule has 2 aromatic carbocycles. The number of hydrogen-bond donors (Lipinski definition) is 2. The number of benzene rings is 2. The van der Waals surface area contributed by atoms with Crippen LogP contribution in [-0.4, -0.2) is 29.6 Å². The SMILES string of the molecule is NCC1CCC(CN(CCCc2ccccc2)Cc2ccc(O)cc2)CC1. The van der Waals surface area contributed by atoms with Gasteiger partial charge in [-0.3, -0.25) is 4.90 Å². The van der Waals surface area contributed by atoms with Crippen LogP contribution in [0.1, 0.15) is 43.2 Å². The zero-order valence-electron chi connectivity index (χ0n) is 16.4. The fraction of sp³-hybridized carbons (Fsp3) is 0.500. The summed E-state index contributed by atoms with van der Waals surface area (Å²) in [4.78, 5) is 2.61. The third-order valence-electron chi connectivity index (χ3n) is 5.94. The highest BCUT2D eigenvalue weighted by Gasteiger charge is 2.22. The number of nitrogens with zero attached hydrogens (tertiary/aromatic N) is 1. The summed E-state index contributed by atoms with van der Waals surface area (Å²) in [5.41, 5.74) is 8.56. The Bertz CT molecular complexity index is 648. The monoisotopic (exact) mass is 366 g/mol. The van der Waals surface area contributed by atoms with Crippen LogP contribution in [0.5, 0.6) is 5.75 Å². The minimum atomic E-state index is 0.342. The van der Waals surface area contributed by atoms with Crippen molar-refractivity contribution in [2.75, 3.05) is 19.6 Å². The molecule has 0 aliphatic heterocycles. The van der Waals surface area contributed by atoms with Crippen molar-refractivity contribution in [3.05, 3.63) is 65.7 Å². The van der Waals surface area contributed by atoms with E-state index in [-0.39, 0.29) is 0 Å². The fourth-order valence-corrected chi connectivity index (χ4v) is 4.26. The highest BCUT2D eigenvalue weighted by Crippen LogP contribution is 2.29. The summed E-state index contributed by atoms with van der Waals surface area (Å²) < 4.78 is 0. The number of aromatic hydroxyl groups is 1. The Morgan fingerprint density at radius 3 is 2.19 bits per heavy atom. The number of rotatable bonds is 9. The number of nitrogens with two attached hydrogens (primary N) is 1. The Labute approximate surface area is 164 Å². The molecule has 0 unspecified atom stereocenters. The van der Waals surface area contributed by atoms with E-state index in [2.05, 4.69) is 35.2 Å². The van der Waals surface area contributed by atoms with Gasteiger partial charge in [-0.25, -0.2) is 0 Å². The van der Waals surface area contributed by atoms with Gasteiger partial charge in [0.2, 0.25) is 0 Å². The van der Waals surface area contributed by atoms with Gasteiger partial charge in [-0.1, -0.05) is 42.5 Å². The van der Waals surface area contributed by atoms with Gasteiger partial charge in [0.15, 0.2) is 0 Å². The smallest absolute Gasteiger partial charge is 0.115 e. The lowest BCUT2D eigenvalue weighted by Crippen LogP contribution is -2.33. The minimum absolute atomic E-state index is 0.342. The van der Waals surface area contributed by atoms with E-state index in [9.17, 15) is 5.11 Å². The molecule has 0 saturated heterocycles. The highest BCUT2D eigenvalue weighted by molar-refractivity contribution is 5.25. The molecule has 1 saturated carbocycles. The largest absolute Gasteiger partial charge is 0.508 e. The molecule has 0 aromatic heterocycles. The summed E-state index contributed by atoms with van der Waals surface area (Å²) in [5.74, 6) is 1.88. The van der Waals surface area contributed by atoms with Gasteiger partial charge in [0, 0.05) is 13.1 Å². The first kappa shape index (κ1) is 19.9. The molecule has 0 radical (unpaired) electrons. The second kappa shape index (κ2) is 10.5. The topological polar surface area (TPSA) is 49.5 Å². The van der Waals surface area contributed by atoms with Crippen LogP contribution >= 0.6 is 0 Å². The van der Waals surface area contributed by atoms with E-state index >= 15 is 0 Å². The molecule has 27 heavy (non-hydrogen) atoms. The van der Waals surface area contributed by atoms with Crippen LogP contribution in [0.25, 0.3) is 0 Å². The molecular weight excluding hydrogens is 332 g/mol. The predicted octanol–water partition coefficient (Wildman–Crippen LogP) is 4.59. The standard InChI is InChI=1S/C24H34N2O/c25-17-21-8-10-22(11-9-21)18-26(19-23-12-14-24(27)15-13-23)16-4-7-20-5-2-1-3-6-20/h1-3,5-6,12-15,21-22,27H,4,7-11,16-19,25H2. The summed E-state index contributed by atoms with van der Waals surface area (Å²) in [6.07, 6.45) is 7.52. The van der Waals surface area contributed by atoms with Crippen molar-refractivity contribution in [3.8, 4) is 5.75 Å². The molecule has 1 fully saturated rings. The molecule has 3 heteroatoms. The van der Waals surface area contributed by atoms with E-state index in [1.54, 1.807) is 12.1 Å². The van der Waals surface area contributed by atoms with Crippen molar-refractivity contribution < 1.29 is 5.11 Å². The van der Waals surface area contributed by atoms with Gasteiger partial charge in [0.1, 0.15) is 5.75 Å². The lowest BCUT2D eigenvalue weighted by molar-refractivity contribution is 0.174. The van der Waals surface area contributed by atoms with Crippen LogP contribution in [-0.2, 0) is 13.0 Å². The van der Waals surface area contributed by atoms with Gasteiger partial charge in [-0.15, -0.1) is 0 Å². The van der Waals surface area contributed by atoms with Crippen molar-refractivity contribution in [1.82, 2.24) is 4.90 Å². The highest BCUT2D eigenvalue weighted by atomic mass is 16.3. The van der Waals surface area contributed by atoms with Crippen molar-refractivity contribution in [3.63, 3.8) is 0 Å². The van der Waals surface area contributed by atoms with Gasteiger partial charge in [-0.2, -0.15) is 0 Å². The summed E-state index contributed by atoms with van der Waals surface area (Å²) >= 11 is 0. The number of phenols is 1. The van der Waals surface area contributed by atoms with Crippen LogP contribution in [0.3, 0.4) is 0 Å². The van der Waals surface area contributed by atoms with Crippen LogP contribution in [0.15, 0.2) is 54.6 Å². The number of hydrogen-bond acceptors (Lipinski definition) is 3. The zero-order chi connectivity index (χ0) is 18.9. The van der Waals surface area contributed by atoms with Crippen LogP contribution in [0.4, 0.5) is 0 Å². The van der Waals surface area contributed by atoms with Crippen molar-refractivity contribution in [2.45, 2.75) is 45.1 Å². The minimum Gasteiger partial charge on any atom is -0.508 e.